The minimum atomic E-state index is -1.24. The van der Waals surface area contributed by atoms with Crippen molar-refractivity contribution in [3.63, 3.8) is 0 Å². The van der Waals surface area contributed by atoms with E-state index in [4.69, 9.17) is 0 Å². The monoisotopic (exact) mass is 335 g/mol. The van der Waals surface area contributed by atoms with Crippen LogP contribution in [0, 0.1) is 6.92 Å². The van der Waals surface area contributed by atoms with E-state index in [9.17, 15) is 9.90 Å². The number of hydrogen-bond donors (Lipinski definition) is 2. The van der Waals surface area contributed by atoms with E-state index in [-0.39, 0.29) is 12.3 Å². The fraction of sp³-hybridized carbons (Fsp3) is 0.200. The third-order valence-electron chi connectivity index (χ3n) is 4.15. The summed E-state index contributed by atoms with van der Waals surface area (Å²) in [6.45, 7) is 3.63. The molecule has 1 unspecified atom stereocenters. The quantitative estimate of drug-likeness (QED) is 0.751. The van der Waals surface area contributed by atoms with Gasteiger partial charge < -0.3 is 10.4 Å². The van der Waals surface area contributed by atoms with Crippen molar-refractivity contribution in [2.24, 2.45) is 0 Å². The molecule has 0 fully saturated rings. The lowest BCUT2D eigenvalue weighted by Gasteiger charge is -2.23. The first-order valence-corrected chi connectivity index (χ1v) is 8.15. The minimum absolute atomic E-state index is 0.0457. The van der Waals surface area contributed by atoms with Gasteiger partial charge in [0.1, 0.15) is 5.82 Å². The topological polar surface area (TPSA) is 67.2 Å². The van der Waals surface area contributed by atoms with E-state index < -0.39 is 5.60 Å². The molecule has 1 atom stereocenters. The van der Waals surface area contributed by atoms with Crippen molar-refractivity contribution >= 4 is 11.7 Å². The predicted molar refractivity (Wildman–Crippen MR) is 97.6 cm³/mol. The molecule has 0 saturated heterocycles. The van der Waals surface area contributed by atoms with Crippen molar-refractivity contribution in [2.45, 2.75) is 25.9 Å². The second kappa shape index (κ2) is 6.91. The zero-order valence-corrected chi connectivity index (χ0v) is 14.3. The molecule has 128 valence electrons. The summed E-state index contributed by atoms with van der Waals surface area (Å²) in [7, 11) is 0. The highest BCUT2D eigenvalue weighted by Gasteiger charge is 2.27. The number of carbonyl (C=O) groups excluding carboxylic acids is 1. The summed E-state index contributed by atoms with van der Waals surface area (Å²) in [5, 5.41) is 17.8. The Kier molecular flexibility index (Phi) is 4.67. The maximum absolute atomic E-state index is 12.5. The molecule has 3 aromatic rings. The summed E-state index contributed by atoms with van der Waals surface area (Å²) < 4.78 is 1.68. The lowest BCUT2D eigenvalue weighted by molar-refractivity contribution is -0.120. The number of aryl methyl sites for hydroxylation is 1. The van der Waals surface area contributed by atoms with Crippen LogP contribution in [0.5, 0.6) is 0 Å². The SMILES string of the molecule is Cc1ccccc1-n1nccc1NC(=O)CC(C)(O)c1ccccc1. The molecule has 25 heavy (non-hydrogen) atoms. The van der Waals surface area contributed by atoms with Gasteiger partial charge in [-0.15, -0.1) is 0 Å². The van der Waals surface area contributed by atoms with Crippen molar-refractivity contribution in [1.82, 2.24) is 9.78 Å². The van der Waals surface area contributed by atoms with Gasteiger partial charge in [0.2, 0.25) is 5.91 Å². The maximum atomic E-state index is 12.5. The summed E-state index contributed by atoms with van der Waals surface area (Å²) in [6, 6.07) is 18.7. The number of nitrogens with one attached hydrogen (secondary N) is 1. The van der Waals surface area contributed by atoms with Gasteiger partial charge in [0.05, 0.1) is 23.9 Å². The van der Waals surface area contributed by atoms with E-state index in [2.05, 4.69) is 10.4 Å². The molecule has 0 aliphatic rings. The molecule has 0 saturated carbocycles. The molecular formula is C20H21N3O2. The van der Waals surface area contributed by atoms with Gasteiger partial charge in [0, 0.05) is 6.07 Å². The number of aliphatic hydroxyl groups is 1. The summed E-state index contributed by atoms with van der Waals surface area (Å²) in [5.41, 5.74) is 1.42. The highest BCUT2D eigenvalue weighted by atomic mass is 16.3. The van der Waals surface area contributed by atoms with Gasteiger partial charge in [0.15, 0.2) is 0 Å². The van der Waals surface area contributed by atoms with E-state index in [1.807, 2.05) is 61.5 Å². The van der Waals surface area contributed by atoms with E-state index in [0.717, 1.165) is 11.3 Å². The average molecular weight is 335 g/mol. The summed E-state index contributed by atoms with van der Waals surface area (Å²) in [6.07, 6.45) is 1.59. The number of carbonyl (C=O) groups is 1. The van der Waals surface area contributed by atoms with Crippen LogP contribution in [0.2, 0.25) is 0 Å². The predicted octanol–water partition coefficient (Wildman–Crippen LogP) is 3.42. The molecule has 5 nitrogen and oxygen atoms in total. The number of benzene rings is 2. The Morgan fingerprint density at radius 2 is 1.80 bits per heavy atom. The molecule has 0 aliphatic carbocycles. The van der Waals surface area contributed by atoms with Crippen molar-refractivity contribution in [1.29, 1.82) is 0 Å². The van der Waals surface area contributed by atoms with Crippen LogP contribution in [0.3, 0.4) is 0 Å². The van der Waals surface area contributed by atoms with Gasteiger partial charge in [0.25, 0.3) is 0 Å². The molecular weight excluding hydrogens is 314 g/mol. The number of amides is 1. The molecule has 2 aromatic carbocycles. The lowest BCUT2D eigenvalue weighted by Crippen LogP contribution is -2.29. The fourth-order valence-corrected chi connectivity index (χ4v) is 2.79. The third kappa shape index (κ3) is 3.78. The smallest absolute Gasteiger partial charge is 0.228 e. The highest BCUT2D eigenvalue weighted by molar-refractivity contribution is 5.91. The molecule has 3 rings (SSSR count). The first kappa shape index (κ1) is 16.9. The molecule has 0 aliphatic heterocycles. The fourth-order valence-electron chi connectivity index (χ4n) is 2.79. The largest absolute Gasteiger partial charge is 0.385 e. The van der Waals surface area contributed by atoms with Crippen molar-refractivity contribution < 1.29 is 9.90 Å². The summed E-state index contributed by atoms with van der Waals surface area (Å²) >= 11 is 0. The first-order chi connectivity index (χ1) is 12.0. The molecule has 1 amide bonds. The Bertz CT molecular complexity index is 869. The maximum Gasteiger partial charge on any atom is 0.228 e. The number of anilines is 1. The number of nitrogens with zero attached hydrogens (tertiary/aromatic N) is 2. The summed E-state index contributed by atoms with van der Waals surface area (Å²) in [5.74, 6) is 0.298. The second-order valence-electron chi connectivity index (χ2n) is 6.28. The normalized spacial score (nSPS) is 13.2. The molecule has 1 aromatic heterocycles. The van der Waals surface area contributed by atoms with Crippen LogP contribution < -0.4 is 5.32 Å². The number of rotatable bonds is 5. The Labute approximate surface area is 146 Å². The Hall–Kier alpha value is -2.92. The van der Waals surface area contributed by atoms with Crippen LogP contribution in [0.15, 0.2) is 66.9 Å². The van der Waals surface area contributed by atoms with Crippen LogP contribution in [0.25, 0.3) is 5.69 Å². The molecule has 2 N–H and O–H groups in total. The molecule has 1 heterocycles. The molecule has 0 bridgehead atoms. The van der Waals surface area contributed by atoms with Crippen LogP contribution in [0.4, 0.5) is 5.82 Å². The van der Waals surface area contributed by atoms with Crippen LogP contribution >= 0.6 is 0 Å². The van der Waals surface area contributed by atoms with Gasteiger partial charge in [-0.3, -0.25) is 4.79 Å². The van der Waals surface area contributed by atoms with Crippen molar-refractivity contribution in [3.8, 4) is 5.69 Å². The Morgan fingerprint density at radius 3 is 2.52 bits per heavy atom. The lowest BCUT2D eigenvalue weighted by atomic mass is 9.92. The standard InChI is InChI=1S/C20H21N3O2/c1-15-8-6-7-11-17(15)23-18(12-13-21-23)22-19(24)14-20(2,25)16-9-4-3-5-10-16/h3-13,25H,14H2,1-2H3,(H,22,24). The highest BCUT2D eigenvalue weighted by Crippen LogP contribution is 2.25. The first-order valence-electron chi connectivity index (χ1n) is 8.15. The number of hydrogen-bond acceptors (Lipinski definition) is 3. The van der Waals surface area contributed by atoms with Crippen LogP contribution in [-0.2, 0) is 10.4 Å². The average Bonchev–Trinajstić information content (AvgIpc) is 3.03. The Morgan fingerprint density at radius 1 is 1.12 bits per heavy atom. The van der Waals surface area contributed by atoms with E-state index in [0.29, 0.717) is 11.4 Å². The van der Waals surface area contributed by atoms with Crippen molar-refractivity contribution in [3.05, 3.63) is 78.0 Å². The molecule has 0 radical (unpaired) electrons. The zero-order valence-electron chi connectivity index (χ0n) is 14.3. The zero-order chi connectivity index (χ0) is 17.9. The van der Waals surface area contributed by atoms with Gasteiger partial charge in [-0.05, 0) is 31.0 Å². The minimum Gasteiger partial charge on any atom is -0.385 e. The van der Waals surface area contributed by atoms with Gasteiger partial charge in [-0.1, -0.05) is 48.5 Å². The summed E-state index contributed by atoms with van der Waals surface area (Å²) in [4.78, 5) is 12.5. The third-order valence-corrected chi connectivity index (χ3v) is 4.15. The van der Waals surface area contributed by atoms with Gasteiger partial charge in [-0.2, -0.15) is 5.10 Å². The van der Waals surface area contributed by atoms with E-state index in [1.165, 1.54) is 0 Å². The number of aromatic nitrogens is 2. The van der Waals surface area contributed by atoms with Gasteiger partial charge >= 0.3 is 0 Å². The molecule has 5 heteroatoms. The second-order valence-corrected chi connectivity index (χ2v) is 6.28. The van der Waals surface area contributed by atoms with Crippen LogP contribution in [-0.4, -0.2) is 20.8 Å². The Balaban J connectivity index is 1.77. The van der Waals surface area contributed by atoms with Crippen molar-refractivity contribution in [2.75, 3.05) is 5.32 Å². The van der Waals surface area contributed by atoms with Gasteiger partial charge in [-0.25, -0.2) is 4.68 Å². The number of para-hydroxylation sites is 1. The van der Waals surface area contributed by atoms with E-state index in [1.54, 1.807) is 23.9 Å². The molecule has 0 spiro atoms. The van der Waals surface area contributed by atoms with Crippen LogP contribution in [0.1, 0.15) is 24.5 Å². The van der Waals surface area contributed by atoms with E-state index >= 15 is 0 Å².